The number of nitrogens with zero attached hydrogens (tertiary/aromatic N) is 2. The van der Waals surface area contributed by atoms with Gasteiger partial charge in [-0.05, 0) is 48.5 Å². The highest BCUT2D eigenvalue weighted by molar-refractivity contribution is 7.11. The number of hydrogen-bond donors (Lipinski definition) is 1. The average molecular weight is 386 g/mol. The molecule has 1 aliphatic heterocycles. The van der Waals surface area contributed by atoms with Gasteiger partial charge in [-0.2, -0.15) is 0 Å². The Morgan fingerprint density at radius 3 is 2.96 bits per heavy atom. The number of benzene rings is 1. The number of nitrogens with one attached hydrogen (secondary N) is 1. The Labute approximate surface area is 161 Å². The predicted octanol–water partition coefficient (Wildman–Crippen LogP) is 4.36. The summed E-state index contributed by atoms with van der Waals surface area (Å²) in [4.78, 5) is 23.5. The fourth-order valence-corrected chi connectivity index (χ4v) is 4.38. The molecule has 4 rings (SSSR count). The quantitative estimate of drug-likeness (QED) is 0.709. The fraction of sp³-hybridized carbons (Fsp3) is 0.300. The van der Waals surface area contributed by atoms with Crippen molar-refractivity contribution in [2.45, 2.75) is 19.3 Å². The molecule has 0 fully saturated rings. The fourth-order valence-electron chi connectivity index (χ4n) is 3.36. The third-order valence-corrected chi connectivity index (χ3v) is 6.01. The molecule has 26 heavy (non-hydrogen) atoms. The summed E-state index contributed by atoms with van der Waals surface area (Å²) in [7, 11) is 0. The highest BCUT2D eigenvalue weighted by Gasteiger charge is 2.13. The van der Waals surface area contributed by atoms with Crippen molar-refractivity contribution >= 4 is 39.4 Å². The number of aromatic amines is 1. The van der Waals surface area contributed by atoms with Gasteiger partial charge in [0, 0.05) is 24.4 Å². The standard InChI is InChI=1S/C20H20ClN3OS/c21-16-5-1-4-15-19(16)22-18(23-20(15)25)7-2-10-24-11-8-14(9-12-24)17-6-3-13-26-17/h1,3-6,8,13H,2,7,9-12H2,(H,22,23,25). The van der Waals surface area contributed by atoms with Crippen LogP contribution in [0.2, 0.25) is 5.02 Å². The van der Waals surface area contributed by atoms with Crippen LogP contribution >= 0.6 is 22.9 Å². The van der Waals surface area contributed by atoms with Gasteiger partial charge >= 0.3 is 0 Å². The Morgan fingerprint density at radius 1 is 1.27 bits per heavy atom. The van der Waals surface area contributed by atoms with E-state index < -0.39 is 0 Å². The summed E-state index contributed by atoms with van der Waals surface area (Å²) in [6.07, 6.45) is 5.14. The molecule has 0 spiro atoms. The summed E-state index contributed by atoms with van der Waals surface area (Å²) >= 11 is 7.99. The molecule has 134 valence electrons. The van der Waals surface area contributed by atoms with E-state index in [-0.39, 0.29) is 5.56 Å². The highest BCUT2D eigenvalue weighted by Crippen LogP contribution is 2.26. The van der Waals surface area contributed by atoms with Crippen molar-refractivity contribution in [3.05, 3.63) is 67.9 Å². The van der Waals surface area contributed by atoms with Gasteiger partial charge in [-0.15, -0.1) is 11.3 Å². The molecular weight excluding hydrogens is 366 g/mol. The molecule has 3 aromatic rings. The molecule has 2 aromatic heterocycles. The van der Waals surface area contributed by atoms with Crippen LogP contribution in [0.25, 0.3) is 16.5 Å². The van der Waals surface area contributed by atoms with Gasteiger partial charge in [-0.1, -0.05) is 29.8 Å². The van der Waals surface area contributed by atoms with Crippen molar-refractivity contribution in [2.75, 3.05) is 19.6 Å². The van der Waals surface area contributed by atoms with Crippen LogP contribution in [0.5, 0.6) is 0 Å². The molecule has 1 N–H and O–H groups in total. The first-order chi connectivity index (χ1) is 12.7. The van der Waals surface area contributed by atoms with Crippen LogP contribution in [0.3, 0.4) is 0 Å². The van der Waals surface area contributed by atoms with Gasteiger partial charge in [0.15, 0.2) is 0 Å². The highest BCUT2D eigenvalue weighted by atomic mass is 35.5. The van der Waals surface area contributed by atoms with Crippen molar-refractivity contribution in [1.82, 2.24) is 14.9 Å². The molecule has 0 atom stereocenters. The monoisotopic (exact) mass is 385 g/mol. The zero-order valence-corrected chi connectivity index (χ0v) is 15.9. The molecule has 1 aliphatic rings. The van der Waals surface area contributed by atoms with E-state index in [1.165, 1.54) is 10.5 Å². The summed E-state index contributed by atoms with van der Waals surface area (Å²) in [6, 6.07) is 9.60. The van der Waals surface area contributed by atoms with Crippen LogP contribution in [0.1, 0.15) is 23.5 Å². The first-order valence-electron chi connectivity index (χ1n) is 8.83. The van der Waals surface area contributed by atoms with E-state index in [4.69, 9.17) is 11.6 Å². The van der Waals surface area contributed by atoms with Crippen molar-refractivity contribution in [2.24, 2.45) is 0 Å². The van der Waals surface area contributed by atoms with E-state index in [1.54, 1.807) is 18.2 Å². The molecule has 1 aromatic carbocycles. The largest absolute Gasteiger partial charge is 0.310 e. The molecule has 0 unspecified atom stereocenters. The number of rotatable bonds is 5. The van der Waals surface area contributed by atoms with Crippen LogP contribution in [-0.4, -0.2) is 34.5 Å². The van der Waals surface area contributed by atoms with E-state index in [9.17, 15) is 4.79 Å². The lowest BCUT2D eigenvalue weighted by Gasteiger charge is -2.25. The third kappa shape index (κ3) is 3.75. The second-order valence-electron chi connectivity index (χ2n) is 6.51. The minimum absolute atomic E-state index is 0.117. The molecule has 0 radical (unpaired) electrons. The van der Waals surface area contributed by atoms with Crippen LogP contribution in [0, 0.1) is 0 Å². The first-order valence-corrected chi connectivity index (χ1v) is 10.1. The van der Waals surface area contributed by atoms with Gasteiger partial charge in [-0.25, -0.2) is 4.98 Å². The maximum absolute atomic E-state index is 12.2. The van der Waals surface area contributed by atoms with Crippen LogP contribution < -0.4 is 5.56 Å². The molecule has 4 nitrogen and oxygen atoms in total. The maximum Gasteiger partial charge on any atom is 0.258 e. The summed E-state index contributed by atoms with van der Waals surface area (Å²) in [5.41, 5.74) is 1.94. The van der Waals surface area contributed by atoms with Crippen molar-refractivity contribution in [1.29, 1.82) is 0 Å². The van der Waals surface area contributed by atoms with Gasteiger partial charge < -0.3 is 4.98 Å². The Hall–Kier alpha value is -1.95. The number of H-pyrrole nitrogens is 1. The average Bonchev–Trinajstić information content (AvgIpc) is 3.18. The molecule has 6 heteroatoms. The van der Waals surface area contributed by atoms with Crippen molar-refractivity contribution in [3.8, 4) is 0 Å². The normalized spacial score (nSPS) is 15.3. The van der Waals surface area contributed by atoms with E-state index in [0.29, 0.717) is 21.7 Å². The van der Waals surface area contributed by atoms with Gasteiger partial charge in [0.05, 0.1) is 15.9 Å². The van der Waals surface area contributed by atoms with Gasteiger partial charge in [-0.3, -0.25) is 9.69 Å². The molecule has 3 heterocycles. The number of para-hydroxylation sites is 1. The van der Waals surface area contributed by atoms with Gasteiger partial charge in [0.2, 0.25) is 0 Å². The number of fused-ring (bicyclic) bond motifs is 1. The molecule has 0 bridgehead atoms. The molecular formula is C20H20ClN3OS. The smallest absolute Gasteiger partial charge is 0.258 e. The number of aryl methyl sites for hydroxylation is 1. The van der Waals surface area contributed by atoms with E-state index in [1.807, 2.05) is 11.3 Å². The molecule has 0 saturated heterocycles. The molecule has 0 amide bonds. The number of hydrogen-bond acceptors (Lipinski definition) is 4. The lowest BCUT2D eigenvalue weighted by atomic mass is 10.1. The zero-order valence-electron chi connectivity index (χ0n) is 14.4. The van der Waals surface area contributed by atoms with Crippen molar-refractivity contribution < 1.29 is 0 Å². The summed E-state index contributed by atoms with van der Waals surface area (Å²) in [5.74, 6) is 0.711. The van der Waals surface area contributed by atoms with Crippen LogP contribution in [-0.2, 0) is 6.42 Å². The minimum Gasteiger partial charge on any atom is -0.310 e. The van der Waals surface area contributed by atoms with Crippen molar-refractivity contribution in [3.63, 3.8) is 0 Å². The molecule has 0 saturated carbocycles. The molecule has 0 aliphatic carbocycles. The second kappa shape index (κ2) is 7.74. The predicted molar refractivity (Wildman–Crippen MR) is 109 cm³/mol. The van der Waals surface area contributed by atoms with Gasteiger partial charge in [0.1, 0.15) is 5.82 Å². The third-order valence-electron chi connectivity index (χ3n) is 4.75. The van der Waals surface area contributed by atoms with Crippen LogP contribution in [0.15, 0.2) is 46.6 Å². The lowest BCUT2D eigenvalue weighted by Crippen LogP contribution is -2.29. The second-order valence-corrected chi connectivity index (χ2v) is 7.86. The zero-order chi connectivity index (χ0) is 17.9. The minimum atomic E-state index is -0.117. The number of thiophene rings is 1. The van der Waals surface area contributed by atoms with E-state index in [0.717, 1.165) is 38.9 Å². The SMILES string of the molecule is O=c1[nH]c(CCCN2CC=C(c3cccs3)CC2)nc2c(Cl)cccc12. The first kappa shape index (κ1) is 17.5. The maximum atomic E-state index is 12.2. The Bertz CT molecular complexity index is 994. The summed E-state index contributed by atoms with van der Waals surface area (Å²) in [6.45, 7) is 3.07. The van der Waals surface area contributed by atoms with Gasteiger partial charge in [0.25, 0.3) is 5.56 Å². The van der Waals surface area contributed by atoms with E-state index >= 15 is 0 Å². The number of aromatic nitrogens is 2. The van der Waals surface area contributed by atoms with E-state index in [2.05, 4.69) is 38.5 Å². The van der Waals surface area contributed by atoms with Crippen LogP contribution in [0.4, 0.5) is 0 Å². The number of halogens is 1. The summed E-state index contributed by atoms with van der Waals surface area (Å²) < 4.78 is 0. The topological polar surface area (TPSA) is 49.0 Å². The lowest BCUT2D eigenvalue weighted by molar-refractivity contribution is 0.297. The Morgan fingerprint density at radius 2 is 2.19 bits per heavy atom. The Balaban J connectivity index is 1.36. The Kier molecular flexibility index (Phi) is 5.20. The summed E-state index contributed by atoms with van der Waals surface area (Å²) in [5, 5.41) is 3.20.